The molecular weight excluding hydrogens is 172 g/mol. The van der Waals surface area contributed by atoms with Crippen LogP contribution in [0.2, 0.25) is 5.15 Å². The van der Waals surface area contributed by atoms with Gasteiger partial charge in [-0.2, -0.15) is 0 Å². The van der Waals surface area contributed by atoms with Crippen molar-refractivity contribution in [2.24, 2.45) is 0 Å². The average Bonchev–Trinajstić information content (AvgIpc) is 2.07. The summed E-state index contributed by atoms with van der Waals surface area (Å²) >= 11 is 5.75. The molecule has 0 bridgehead atoms. The first kappa shape index (κ1) is 9.46. The molecule has 0 fully saturated rings. The maximum Gasteiger partial charge on any atom is 0.133 e. The minimum absolute atomic E-state index is 0.448. The van der Waals surface area contributed by atoms with Gasteiger partial charge in [0, 0.05) is 12.1 Å². The molecule has 0 spiro atoms. The molecule has 12 heavy (non-hydrogen) atoms. The van der Waals surface area contributed by atoms with Gasteiger partial charge in [-0.25, -0.2) is 9.97 Å². The fourth-order valence-electron chi connectivity index (χ4n) is 1.20. The Hall–Kier alpha value is -0.630. The molecule has 3 heteroatoms. The zero-order chi connectivity index (χ0) is 8.97. The van der Waals surface area contributed by atoms with Crippen molar-refractivity contribution in [3.8, 4) is 0 Å². The molecular formula is C9H13ClN2. The van der Waals surface area contributed by atoms with Crippen molar-refractivity contribution in [3.05, 3.63) is 23.2 Å². The summed E-state index contributed by atoms with van der Waals surface area (Å²) in [7, 11) is 0. The lowest BCUT2D eigenvalue weighted by Crippen LogP contribution is -2.01. The Kier molecular flexibility index (Phi) is 3.48. The van der Waals surface area contributed by atoms with Crippen LogP contribution < -0.4 is 0 Å². The molecule has 1 rings (SSSR count). The molecule has 0 aliphatic carbocycles. The van der Waals surface area contributed by atoms with E-state index in [-0.39, 0.29) is 0 Å². The summed E-state index contributed by atoms with van der Waals surface area (Å²) in [6.07, 6.45) is 3.84. The van der Waals surface area contributed by atoms with Gasteiger partial charge in [-0.05, 0) is 18.9 Å². The predicted molar refractivity (Wildman–Crippen MR) is 50.4 cm³/mol. The summed E-state index contributed by atoms with van der Waals surface area (Å²) in [5.41, 5.74) is 0. The van der Waals surface area contributed by atoms with E-state index in [2.05, 4.69) is 23.8 Å². The van der Waals surface area contributed by atoms with Crippen LogP contribution in [0.1, 0.15) is 38.4 Å². The maximum atomic E-state index is 5.75. The van der Waals surface area contributed by atoms with Crippen molar-refractivity contribution >= 4 is 11.6 Å². The van der Waals surface area contributed by atoms with Crippen molar-refractivity contribution in [1.29, 1.82) is 0 Å². The van der Waals surface area contributed by atoms with E-state index in [0.29, 0.717) is 11.1 Å². The first-order valence-corrected chi connectivity index (χ1v) is 4.64. The second kappa shape index (κ2) is 4.41. The van der Waals surface area contributed by atoms with E-state index >= 15 is 0 Å². The Balaban J connectivity index is 2.85. The number of halogens is 1. The van der Waals surface area contributed by atoms with Gasteiger partial charge >= 0.3 is 0 Å². The van der Waals surface area contributed by atoms with Crippen LogP contribution in [0.25, 0.3) is 0 Å². The van der Waals surface area contributed by atoms with Crippen molar-refractivity contribution in [2.45, 2.75) is 32.6 Å². The summed E-state index contributed by atoms with van der Waals surface area (Å²) in [6.45, 7) is 4.27. The van der Waals surface area contributed by atoms with Gasteiger partial charge in [0.2, 0.25) is 0 Å². The number of rotatable bonds is 3. The van der Waals surface area contributed by atoms with Gasteiger partial charge < -0.3 is 0 Å². The van der Waals surface area contributed by atoms with E-state index in [1.165, 1.54) is 0 Å². The van der Waals surface area contributed by atoms with E-state index in [0.717, 1.165) is 18.7 Å². The highest BCUT2D eigenvalue weighted by Crippen LogP contribution is 2.19. The Morgan fingerprint density at radius 2 is 2.08 bits per heavy atom. The van der Waals surface area contributed by atoms with E-state index in [1.54, 1.807) is 12.3 Å². The zero-order valence-electron chi connectivity index (χ0n) is 7.42. The largest absolute Gasteiger partial charge is 0.241 e. The topological polar surface area (TPSA) is 25.8 Å². The molecule has 0 aliphatic heterocycles. The third-order valence-electron chi connectivity index (χ3n) is 1.99. The number of hydrogen-bond acceptors (Lipinski definition) is 2. The van der Waals surface area contributed by atoms with Crippen LogP contribution in [0, 0.1) is 0 Å². The highest BCUT2D eigenvalue weighted by Gasteiger charge is 2.09. The smallest absolute Gasteiger partial charge is 0.133 e. The van der Waals surface area contributed by atoms with Gasteiger partial charge in [-0.1, -0.05) is 25.4 Å². The molecule has 0 radical (unpaired) electrons. The third kappa shape index (κ3) is 2.18. The van der Waals surface area contributed by atoms with Gasteiger partial charge in [0.05, 0.1) is 0 Å². The van der Waals surface area contributed by atoms with Crippen LogP contribution in [0.3, 0.4) is 0 Å². The Morgan fingerprint density at radius 3 is 2.58 bits per heavy atom. The Morgan fingerprint density at radius 1 is 1.42 bits per heavy atom. The zero-order valence-corrected chi connectivity index (χ0v) is 8.17. The van der Waals surface area contributed by atoms with Gasteiger partial charge in [0.15, 0.2) is 0 Å². The molecule has 0 N–H and O–H groups in total. The summed E-state index contributed by atoms with van der Waals surface area (Å²) in [5.74, 6) is 1.32. The van der Waals surface area contributed by atoms with Gasteiger partial charge in [-0.3, -0.25) is 0 Å². The minimum Gasteiger partial charge on any atom is -0.241 e. The van der Waals surface area contributed by atoms with Gasteiger partial charge in [0.25, 0.3) is 0 Å². The summed E-state index contributed by atoms with van der Waals surface area (Å²) in [5, 5.41) is 0.534. The summed E-state index contributed by atoms with van der Waals surface area (Å²) < 4.78 is 0. The Bertz CT molecular complexity index is 246. The first-order valence-electron chi connectivity index (χ1n) is 4.26. The lowest BCUT2D eigenvalue weighted by molar-refractivity contribution is 0.602. The molecule has 0 unspecified atom stereocenters. The second-order valence-corrected chi connectivity index (χ2v) is 3.14. The highest BCUT2D eigenvalue weighted by molar-refractivity contribution is 6.29. The van der Waals surface area contributed by atoms with Crippen LogP contribution >= 0.6 is 11.6 Å². The molecule has 2 nitrogen and oxygen atoms in total. The normalized spacial score (nSPS) is 10.7. The molecule has 1 aromatic heterocycles. The summed E-state index contributed by atoms with van der Waals surface area (Å²) in [4.78, 5) is 8.36. The van der Waals surface area contributed by atoms with E-state index in [4.69, 9.17) is 11.6 Å². The highest BCUT2D eigenvalue weighted by atomic mass is 35.5. The van der Waals surface area contributed by atoms with Crippen LogP contribution in [-0.2, 0) is 0 Å². The lowest BCUT2D eigenvalue weighted by Gasteiger charge is -2.09. The molecule has 1 aromatic rings. The fraction of sp³-hybridized carbons (Fsp3) is 0.556. The van der Waals surface area contributed by atoms with Crippen LogP contribution in [-0.4, -0.2) is 9.97 Å². The van der Waals surface area contributed by atoms with Gasteiger partial charge in [-0.15, -0.1) is 0 Å². The molecule has 0 saturated carbocycles. The summed E-state index contributed by atoms with van der Waals surface area (Å²) in [6, 6.07) is 1.70. The van der Waals surface area contributed by atoms with Crippen molar-refractivity contribution < 1.29 is 0 Å². The minimum atomic E-state index is 0.448. The number of aromatic nitrogens is 2. The van der Waals surface area contributed by atoms with E-state index < -0.39 is 0 Å². The molecule has 0 amide bonds. The molecule has 66 valence electrons. The van der Waals surface area contributed by atoms with Crippen LogP contribution in [0.5, 0.6) is 0 Å². The second-order valence-electron chi connectivity index (χ2n) is 2.75. The fourth-order valence-corrected chi connectivity index (χ4v) is 1.34. The number of hydrogen-bond donors (Lipinski definition) is 0. The molecule has 0 saturated heterocycles. The average molecular weight is 185 g/mol. The first-order chi connectivity index (χ1) is 5.77. The lowest BCUT2D eigenvalue weighted by atomic mass is 10.0. The quantitative estimate of drug-likeness (QED) is 0.675. The van der Waals surface area contributed by atoms with E-state index in [9.17, 15) is 0 Å². The van der Waals surface area contributed by atoms with E-state index in [1.807, 2.05) is 0 Å². The van der Waals surface area contributed by atoms with Crippen LogP contribution in [0.15, 0.2) is 12.3 Å². The van der Waals surface area contributed by atoms with Crippen LogP contribution in [0.4, 0.5) is 0 Å². The molecule has 0 aliphatic rings. The predicted octanol–water partition coefficient (Wildman–Crippen LogP) is 3.03. The van der Waals surface area contributed by atoms with Crippen molar-refractivity contribution in [3.63, 3.8) is 0 Å². The van der Waals surface area contributed by atoms with Crippen molar-refractivity contribution in [2.75, 3.05) is 0 Å². The molecule has 1 heterocycles. The van der Waals surface area contributed by atoms with Gasteiger partial charge in [0.1, 0.15) is 11.0 Å². The molecule has 0 atom stereocenters. The Labute approximate surface area is 78.0 Å². The molecule has 0 aromatic carbocycles. The standard InChI is InChI=1S/C9H13ClN2/c1-3-7(4-2)9-11-6-5-8(10)12-9/h5-7H,3-4H2,1-2H3. The third-order valence-corrected chi connectivity index (χ3v) is 2.20. The number of nitrogens with zero attached hydrogens (tertiary/aromatic N) is 2. The SMILES string of the molecule is CCC(CC)c1nccc(Cl)n1. The van der Waals surface area contributed by atoms with Crippen molar-refractivity contribution in [1.82, 2.24) is 9.97 Å². The maximum absolute atomic E-state index is 5.75. The monoisotopic (exact) mass is 184 g/mol.